The Morgan fingerprint density at radius 2 is 2.24 bits per heavy atom. The highest BCUT2D eigenvalue weighted by Crippen LogP contribution is 2.44. The standard InChI is InChI=1S/C15H15NS/c1-2-10-9-14(13(10)3-1)16-12-4-5-15-11(8-12)6-7-17-15/h1,3-8,10,13-14,16H,2,9H2. The van der Waals surface area contributed by atoms with Gasteiger partial charge in [0.2, 0.25) is 0 Å². The SMILES string of the molecule is C1=CC2C(C1)CC2Nc1ccc2sccc2c1. The lowest BCUT2D eigenvalue weighted by Gasteiger charge is -2.41. The number of allylic oxidation sites excluding steroid dienone is 1. The van der Waals surface area contributed by atoms with Gasteiger partial charge in [-0.05, 0) is 53.8 Å². The van der Waals surface area contributed by atoms with Crippen molar-refractivity contribution in [2.75, 3.05) is 5.32 Å². The fourth-order valence-corrected chi connectivity index (χ4v) is 3.92. The molecule has 0 radical (unpaired) electrons. The third kappa shape index (κ3) is 1.51. The van der Waals surface area contributed by atoms with Crippen molar-refractivity contribution in [3.63, 3.8) is 0 Å². The van der Waals surface area contributed by atoms with Gasteiger partial charge in [-0.3, -0.25) is 0 Å². The van der Waals surface area contributed by atoms with Gasteiger partial charge >= 0.3 is 0 Å². The molecule has 1 N–H and O–H groups in total. The zero-order valence-electron chi connectivity index (χ0n) is 9.60. The van der Waals surface area contributed by atoms with E-state index in [4.69, 9.17) is 0 Å². The van der Waals surface area contributed by atoms with Crippen LogP contribution in [-0.2, 0) is 0 Å². The average Bonchev–Trinajstić information content (AvgIpc) is 2.91. The largest absolute Gasteiger partial charge is 0.382 e. The number of hydrogen-bond donors (Lipinski definition) is 1. The molecule has 1 aromatic heterocycles. The van der Waals surface area contributed by atoms with Crippen LogP contribution in [0.15, 0.2) is 41.8 Å². The molecule has 4 rings (SSSR count). The Bertz CT molecular complexity index is 583. The highest BCUT2D eigenvalue weighted by Gasteiger charge is 2.40. The van der Waals surface area contributed by atoms with Gasteiger partial charge < -0.3 is 5.32 Å². The molecule has 0 aliphatic heterocycles. The molecule has 86 valence electrons. The first-order valence-corrected chi connectivity index (χ1v) is 7.18. The van der Waals surface area contributed by atoms with Gasteiger partial charge in [-0.25, -0.2) is 0 Å². The first kappa shape index (κ1) is 9.72. The highest BCUT2D eigenvalue weighted by molar-refractivity contribution is 7.17. The predicted molar refractivity (Wildman–Crippen MR) is 74.6 cm³/mol. The molecule has 0 spiro atoms. The minimum atomic E-state index is 0.662. The van der Waals surface area contributed by atoms with Crippen molar-refractivity contribution >= 4 is 27.1 Å². The van der Waals surface area contributed by atoms with E-state index in [0.717, 1.165) is 11.8 Å². The third-order valence-corrected chi connectivity index (χ3v) is 5.07. The second-order valence-electron chi connectivity index (χ2n) is 5.16. The van der Waals surface area contributed by atoms with Crippen molar-refractivity contribution in [2.24, 2.45) is 11.8 Å². The molecule has 0 amide bonds. The second-order valence-corrected chi connectivity index (χ2v) is 6.11. The van der Waals surface area contributed by atoms with Crippen molar-refractivity contribution in [3.8, 4) is 0 Å². The molecule has 2 aliphatic carbocycles. The molecule has 1 fully saturated rings. The Morgan fingerprint density at radius 1 is 1.24 bits per heavy atom. The lowest BCUT2D eigenvalue weighted by Crippen LogP contribution is -2.43. The van der Waals surface area contributed by atoms with Crippen molar-refractivity contribution in [1.82, 2.24) is 0 Å². The van der Waals surface area contributed by atoms with Gasteiger partial charge in [0.25, 0.3) is 0 Å². The van der Waals surface area contributed by atoms with Crippen molar-refractivity contribution < 1.29 is 0 Å². The van der Waals surface area contributed by atoms with E-state index in [2.05, 4.69) is 47.1 Å². The quantitative estimate of drug-likeness (QED) is 0.774. The van der Waals surface area contributed by atoms with Gasteiger partial charge in [-0.15, -0.1) is 11.3 Å². The lowest BCUT2D eigenvalue weighted by atomic mass is 9.71. The van der Waals surface area contributed by atoms with Crippen LogP contribution in [0.1, 0.15) is 12.8 Å². The van der Waals surface area contributed by atoms with Crippen LogP contribution in [0.25, 0.3) is 10.1 Å². The van der Waals surface area contributed by atoms with Crippen molar-refractivity contribution in [2.45, 2.75) is 18.9 Å². The molecular formula is C15H15NS. The molecule has 17 heavy (non-hydrogen) atoms. The molecule has 0 saturated heterocycles. The first-order chi connectivity index (χ1) is 8.40. The molecular weight excluding hydrogens is 226 g/mol. The molecule has 2 heteroatoms. The number of rotatable bonds is 2. The fourth-order valence-electron chi connectivity index (χ4n) is 3.15. The van der Waals surface area contributed by atoms with Crippen LogP contribution >= 0.6 is 11.3 Å². The molecule has 1 saturated carbocycles. The fraction of sp³-hybridized carbons (Fsp3) is 0.333. The van der Waals surface area contributed by atoms with E-state index in [1.807, 2.05) is 11.3 Å². The Morgan fingerprint density at radius 3 is 3.18 bits per heavy atom. The summed E-state index contributed by atoms with van der Waals surface area (Å²) >= 11 is 1.81. The normalized spacial score (nSPS) is 30.2. The monoisotopic (exact) mass is 241 g/mol. The Kier molecular flexibility index (Phi) is 2.06. The van der Waals surface area contributed by atoms with E-state index in [1.54, 1.807) is 0 Å². The summed E-state index contributed by atoms with van der Waals surface area (Å²) in [6.07, 6.45) is 7.37. The van der Waals surface area contributed by atoms with Crippen LogP contribution in [0.4, 0.5) is 5.69 Å². The number of thiophene rings is 1. The summed E-state index contributed by atoms with van der Waals surface area (Å²) < 4.78 is 1.38. The Balaban J connectivity index is 1.56. The number of hydrogen-bond acceptors (Lipinski definition) is 2. The van der Waals surface area contributed by atoms with Gasteiger partial charge in [-0.2, -0.15) is 0 Å². The van der Waals surface area contributed by atoms with E-state index in [0.29, 0.717) is 6.04 Å². The van der Waals surface area contributed by atoms with Gasteiger partial charge in [0.1, 0.15) is 0 Å². The summed E-state index contributed by atoms with van der Waals surface area (Å²) in [5, 5.41) is 7.20. The molecule has 3 unspecified atom stereocenters. The van der Waals surface area contributed by atoms with Crippen LogP contribution < -0.4 is 5.32 Å². The average molecular weight is 241 g/mol. The third-order valence-electron chi connectivity index (χ3n) is 4.17. The minimum absolute atomic E-state index is 0.662. The van der Waals surface area contributed by atoms with Gasteiger partial charge in [0.15, 0.2) is 0 Å². The van der Waals surface area contributed by atoms with E-state index in [1.165, 1.54) is 28.6 Å². The molecule has 1 heterocycles. The number of benzene rings is 1. The topological polar surface area (TPSA) is 12.0 Å². The molecule has 0 bridgehead atoms. The predicted octanol–water partition coefficient (Wildman–Crippen LogP) is 4.28. The summed E-state index contributed by atoms with van der Waals surface area (Å²) in [7, 11) is 0. The van der Waals surface area contributed by atoms with E-state index in [-0.39, 0.29) is 0 Å². The maximum Gasteiger partial charge on any atom is 0.0349 e. The maximum absolute atomic E-state index is 3.69. The molecule has 1 nitrogen and oxygen atoms in total. The molecule has 2 aromatic rings. The summed E-state index contributed by atoms with van der Waals surface area (Å²) in [6, 6.07) is 9.57. The van der Waals surface area contributed by atoms with Crippen LogP contribution in [0.5, 0.6) is 0 Å². The Labute approximate surface area is 105 Å². The zero-order valence-corrected chi connectivity index (χ0v) is 10.4. The van der Waals surface area contributed by atoms with E-state index in [9.17, 15) is 0 Å². The number of fused-ring (bicyclic) bond motifs is 2. The summed E-state index contributed by atoms with van der Waals surface area (Å²) in [6.45, 7) is 0. The minimum Gasteiger partial charge on any atom is -0.382 e. The number of anilines is 1. The molecule has 2 aliphatic rings. The van der Waals surface area contributed by atoms with Crippen LogP contribution in [0.3, 0.4) is 0 Å². The van der Waals surface area contributed by atoms with E-state index < -0.39 is 0 Å². The smallest absolute Gasteiger partial charge is 0.0349 e. The Hall–Kier alpha value is -1.28. The van der Waals surface area contributed by atoms with Gasteiger partial charge in [0.05, 0.1) is 0 Å². The second kappa shape index (κ2) is 3.61. The van der Waals surface area contributed by atoms with Crippen LogP contribution in [0, 0.1) is 11.8 Å². The van der Waals surface area contributed by atoms with E-state index >= 15 is 0 Å². The highest BCUT2D eigenvalue weighted by atomic mass is 32.1. The van der Waals surface area contributed by atoms with Crippen molar-refractivity contribution in [1.29, 1.82) is 0 Å². The lowest BCUT2D eigenvalue weighted by molar-refractivity contribution is 0.218. The summed E-state index contributed by atoms with van der Waals surface area (Å²) in [4.78, 5) is 0. The first-order valence-electron chi connectivity index (χ1n) is 6.30. The maximum atomic E-state index is 3.69. The van der Waals surface area contributed by atoms with Gasteiger partial charge in [-0.1, -0.05) is 12.2 Å². The summed E-state index contributed by atoms with van der Waals surface area (Å²) in [5.41, 5.74) is 1.28. The van der Waals surface area contributed by atoms with Crippen LogP contribution in [-0.4, -0.2) is 6.04 Å². The number of nitrogens with one attached hydrogen (secondary N) is 1. The van der Waals surface area contributed by atoms with Crippen molar-refractivity contribution in [3.05, 3.63) is 41.8 Å². The zero-order chi connectivity index (χ0) is 11.2. The molecule has 1 aromatic carbocycles. The molecule has 3 atom stereocenters. The van der Waals surface area contributed by atoms with Crippen LogP contribution in [0.2, 0.25) is 0 Å². The van der Waals surface area contributed by atoms with Gasteiger partial charge in [0, 0.05) is 22.3 Å². The summed E-state index contributed by atoms with van der Waals surface area (Å²) in [5.74, 6) is 1.71.